The molecule has 2 atom stereocenters. The SMILES string of the molecule is COC(=O)[C@@H](N[C@@H]1CCN(c2ccc(Cl)cc2)C1)c1cccnc1. The van der Waals surface area contributed by atoms with Crippen LogP contribution in [-0.4, -0.2) is 37.2 Å². The van der Waals surface area contributed by atoms with E-state index in [9.17, 15) is 4.79 Å². The molecular weight excluding hydrogens is 326 g/mol. The summed E-state index contributed by atoms with van der Waals surface area (Å²) in [5, 5.41) is 4.14. The van der Waals surface area contributed by atoms with Crippen molar-refractivity contribution in [3.63, 3.8) is 0 Å². The highest BCUT2D eigenvalue weighted by atomic mass is 35.5. The van der Waals surface area contributed by atoms with E-state index >= 15 is 0 Å². The van der Waals surface area contributed by atoms with Crippen LogP contribution in [0.25, 0.3) is 0 Å². The number of ether oxygens (including phenoxy) is 1. The number of methoxy groups -OCH3 is 1. The highest BCUT2D eigenvalue weighted by Gasteiger charge is 2.29. The number of anilines is 1. The molecule has 2 heterocycles. The Morgan fingerprint density at radius 3 is 2.83 bits per heavy atom. The van der Waals surface area contributed by atoms with Gasteiger partial charge in [0.25, 0.3) is 0 Å². The minimum absolute atomic E-state index is 0.199. The first kappa shape index (κ1) is 16.7. The predicted octanol–water partition coefficient (Wildman–Crippen LogP) is 2.82. The predicted molar refractivity (Wildman–Crippen MR) is 94.2 cm³/mol. The molecule has 1 aromatic heterocycles. The maximum absolute atomic E-state index is 12.1. The normalized spacial score (nSPS) is 18.4. The van der Waals surface area contributed by atoms with E-state index in [4.69, 9.17) is 16.3 Å². The van der Waals surface area contributed by atoms with E-state index in [-0.39, 0.29) is 12.0 Å². The molecule has 1 N–H and O–H groups in total. The quantitative estimate of drug-likeness (QED) is 0.844. The van der Waals surface area contributed by atoms with E-state index in [0.29, 0.717) is 0 Å². The van der Waals surface area contributed by atoms with Crippen molar-refractivity contribution < 1.29 is 9.53 Å². The van der Waals surface area contributed by atoms with E-state index in [0.717, 1.165) is 35.8 Å². The number of hydrogen-bond donors (Lipinski definition) is 1. The van der Waals surface area contributed by atoms with Crippen LogP contribution in [0.3, 0.4) is 0 Å². The average molecular weight is 346 g/mol. The molecule has 1 aliphatic heterocycles. The molecule has 6 heteroatoms. The van der Waals surface area contributed by atoms with Gasteiger partial charge in [0.15, 0.2) is 0 Å². The second-order valence-corrected chi connectivity index (χ2v) is 6.25. The third-order valence-electron chi connectivity index (χ3n) is 4.24. The molecule has 0 aliphatic carbocycles. The van der Waals surface area contributed by atoms with Crippen LogP contribution in [0.5, 0.6) is 0 Å². The number of aromatic nitrogens is 1. The molecule has 5 nitrogen and oxygen atoms in total. The van der Waals surface area contributed by atoms with Gasteiger partial charge in [-0.2, -0.15) is 0 Å². The van der Waals surface area contributed by atoms with Crippen LogP contribution in [0.4, 0.5) is 5.69 Å². The third kappa shape index (κ3) is 3.86. The van der Waals surface area contributed by atoms with Crippen molar-refractivity contribution in [2.75, 3.05) is 25.1 Å². The lowest BCUT2D eigenvalue weighted by Crippen LogP contribution is -2.39. The van der Waals surface area contributed by atoms with Crippen molar-refractivity contribution in [3.05, 3.63) is 59.4 Å². The lowest BCUT2D eigenvalue weighted by Gasteiger charge is -2.22. The Hall–Kier alpha value is -2.11. The van der Waals surface area contributed by atoms with Gasteiger partial charge in [0.1, 0.15) is 6.04 Å². The molecule has 0 unspecified atom stereocenters. The molecule has 0 amide bonds. The van der Waals surface area contributed by atoms with Crippen molar-refractivity contribution in [3.8, 4) is 0 Å². The van der Waals surface area contributed by atoms with Crippen molar-refractivity contribution in [2.45, 2.75) is 18.5 Å². The van der Waals surface area contributed by atoms with Gasteiger partial charge < -0.3 is 9.64 Å². The number of nitrogens with zero attached hydrogens (tertiary/aromatic N) is 2. The number of halogens is 1. The summed E-state index contributed by atoms with van der Waals surface area (Å²) in [5.74, 6) is -0.298. The Morgan fingerprint density at radius 1 is 1.38 bits per heavy atom. The summed E-state index contributed by atoms with van der Waals surface area (Å²) in [5.41, 5.74) is 1.95. The highest BCUT2D eigenvalue weighted by molar-refractivity contribution is 6.30. The molecule has 1 saturated heterocycles. The van der Waals surface area contributed by atoms with Gasteiger partial charge >= 0.3 is 5.97 Å². The first-order valence-electron chi connectivity index (χ1n) is 7.91. The number of hydrogen-bond acceptors (Lipinski definition) is 5. The van der Waals surface area contributed by atoms with Crippen LogP contribution in [-0.2, 0) is 9.53 Å². The maximum Gasteiger partial charge on any atom is 0.327 e. The minimum atomic E-state index is -0.501. The largest absolute Gasteiger partial charge is 0.468 e. The molecule has 0 spiro atoms. The van der Waals surface area contributed by atoms with Gasteiger partial charge in [0.2, 0.25) is 0 Å². The Bertz CT molecular complexity index is 678. The molecule has 1 fully saturated rings. The molecule has 2 aromatic rings. The van der Waals surface area contributed by atoms with Gasteiger partial charge in [0.05, 0.1) is 7.11 Å². The van der Waals surface area contributed by atoms with Crippen LogP contribution >= 0.6 is 11.6 Å². The van der Waals surface area contributed by atoms with Crippen LogP contribution in [0.15, 0.2) is 48.8 Å². The Balaban J connectivity index is 1.68. The van der Waals surface area contributed by atoms with E-state index < -0.39 is 6.04 Å². The van der Waals surface area contributed by atoms with E-state index in [2.05, 4.69) is 15.2 Å². The van der Waals surface area contributed by atoms with Gasteiger partial charge in [0, 0.05) is 42.2 Å². The number of benzene rings is 1. The Morgan fingerprint density at radius 2 is 2.17 bits per heavy atom. The van der Waals surface area contributed by atoms with Crippen molar-refractivity contribution in [1.82, 2.24) is 10.3 Å². The molecule has 3 rings (SSSR count). The van der Waals surface area contributed by atoms with Gasteiger partial charge in [-0.25, -0.2) is 4.79 Å². The fraction of sp³-hybridized carbons (Fsp3) is 0.333. The second-order valence-electron chi connectivity index (χ2n) is 5.82. The van der Waals surface area contributed by atoms with Crippen LogP contribution in [0.2, 0.25) is 5.02 Å². The molecule has 0 bridgehead atoms. The lowest BCUT2D eigenvalue weighted by atomic mass is 10.1. The Kier molecular flexibility index (Phi) is 5.33. The van der Waals surface area contributed by atoms with Crippen LogP contribution in [0.1, 0.15) is 18.0 Å². The number of esters is 1. The average Bonchev–Trinajstić information content (AvgIpc) is 3.09. The van der Waals surface area contributed by atoms with Crippen molar-refractivity contribution in [2.24, 2.45) is 0 Å². The monoisotopic (exact) mass is 345 g/mol. The van der Waals surface area contributed by atoms with E-state index in [1.807, 2.05) is 36.4 Å². The van der Waals surface area contributed by atoms with E-state index in [1.54, 1.807) is 12.4 Å². The summed E-state index contributed by atoms with van der Waals surface area (Å²) in [7, 11) is 1.40. The molecule has 0 saturated carbocycles. The number of rotatable bonds is 5. The highest BCUT2D eigenvalue weighted by Crippen LogP contribution is 2.24. The summed E-state index contributed by atoms with van der Waals surface area (Å²) in [6.07, 6.45) is 4.34. The molecule has 1 aliphatic rings. The first-order chi connectivity index (χ1) is 11.7. The summed E-state index contributed by atoms with van der Waals surface area (Å²) < 4.78 is 4.94. The van der Waals surface area contributed by atoms with Crippen molar-refractivity contribution >= 4 is 23.3 Å². The molecule has 1 aromatic carbocycles. The minimum Gasteiger partial charge on any atom is -0.468 e. The zero-order valence-corrected chi connectivity index (χ0v) is 14.2. The smallest absolute Gasteiger partial charge is 0.327 e. The summed E-state index contributed by atoms with van der Waals surface area (Å²) in [4.78, 5) is 18.5. The second kappa shape index (κ2) is 7.64. The summed E-state index contributed by atoms with van der Waals surface area (Å²) >= 11 is 5.95. The van der Waals surface area contributed by atoms with Crippen LogP contribution in [0, 0.1) is 0 Å². The molecule has 24 heavy (non-hydrogen) atoms. The summed E-state index contributed by atoms with van der Waals surface area (Å²) in [6, 6.07) is 11.2. The molecule has 126 valence electrons. The first-order valence-corrected chi connectivity index (χ1v) is 8.29. The lowest BCUT2D eigenvalue weighted by molar-refractivity contribution is -0.143. The number of carbonyl (C=O) groups excluding carboxylic acids is 1. The Labute approximate surface area is 146 Å². The standard InChI is InChI=1S/C18H20ClN3O2/c1-24-18(23)17(13-3-2-9-20-11-13)21-15-8-10-22(12-15)16-6-4-14(19)5-7-16/h2-7,9,11,15,17,21H,8,10,12H2,1H3/t15-,17+/m1/s1. The van der Waals surface area contributed by atoms with Gasteiger partial charge in [-0.15, -0.1) is 0 Å². The third-order valence-corrected chi connectivity index (χ3v) is 4.49. The summed E-state index contributed by atoms with van der Waals surface area (Å²) in [6.45, 7) is 1.76. The molecular formula is C18H20ClN3O2. The van der Waals surface area contributed by atoms with Gasteiger partial charge in [-0.3, -0.25) is 10.3 Å². The fourth-order valence-electron chi connectivity index (χ4n) is 2.98. The van der Waals surface area contributed by atoms with Gasteiger partial charge in [-0.1, -0.05) is 17.7 Å². The molecule has 0 radical (unpaired) electrons. The van der Waals surface area contributed by atoms with E-state index in [1.165, 1.54) is 7.11 Å². The maximum atomic E-state index is 12.1. The van der Waals surface area contributed by atoms with Crippen molar-refractivity contribution in [1.29, 1.82) is 0 Å². The topological polar surface area (TPSA) is 54.5 Å². The number of carbonyl (C=O) groups is 1. The van der Waals surface area contributed by atoms with Gasteiger partial charge in [-0.05, 0) is 42.3 Å². The zero-order chi connectivity index (χ0) is 16.9. The zero-order valence-electron chi connectivity index (χ0n) is 13.5. The fourth-order valence-corrected chi connectivity index (χ4v) is 3.11. The van der Waals surface area contributed by atoms with Crippen LogP contribution < -0.4 is 10.2 Å². The number of nitrogens with one attached hydrogen (secondary N) is 1. The number of pyridine rings is 1.